The minimum Gasteiger partial charge on any atom is -0.469 e. The molecule has 1 saturated heterocycles. The summed E-state index contributed by atoms with van der Waals surface area (Å²) < 4.78 is 20.4. The van der Waals surface area contributed by atoms with Crippen LogP contribution in [0.2, 0.25) is 0 Å². The average Bonchev–Trinajstić information content (AvgIpc) is 3.19. The zero-order valence-corrected chi connectivity index (χ0v) is 16.3. The molecule has 0 N–H and O–H groups in total. The summed E-state index contributed by atoms with van der Waals surface area (Å²) in [5.41, 5.74) is -0.474. The highest BCUT2D eigenvalue weighted by atomic mass is 32.2. The molecular weight excluding hydrogens is 346 g/mol. The van der Waals surface area contributed by atoms with Gasteiger partial charge in [-0.25, -0.2) is 4.79 Å². The number of likely N-dealkylation sites (tertiary alicyclic amines) is 1. The van der Waals surface area contributed by atoms with Crippen LogP contribution in [0.25, 0.3) is 0 Å². The van der Waals surface area contributed by atoms with Crippen molar-refractivity contribution in [2.45, 2.75) is 69.7 Å². The van der Waals surface area contributed by atoms with E-state index in [1.807, 2.05) is 25.7 Å². The Labute approximate surface area is 151 Å². The highest BCUT2D eigenvalue weighted by Gasteiger charge is 2.51. The van der Waals surface area contributed by atoms with Gasteiger partial charge in [-0.15, -0.1) is 4.37 Å². The van der Waals surface area contributed by atoms with Crippen molar-refractivity contribution < 1.29 is 14.3 Å². The largest absolute Gasteiger partial charge is 0.469 e. The number of carbonyl (C=O) groups excluding carboxylic acids is 1. The molecule has 1 aromatic heterocycles. The summed E-state index contributed by atoms with van der Waals surface area (Å²) in [6.45, 7) is 8.53. The number of fused-ring (bicyclic) bond motifs is 2. The van der Waals surface area contributed by atoms with Gasteiger partial charge < -0.3 is 14.4 Å². The van der Waals surface area contributed by atoms with Crippen LogP contribution in [-0.2, 0) is 4.74 Å². The Morgan fingerprint density at radius 2 is 2.17 bits per heavy atom. The van der Waals surface area contributed by atoms with Crippen LogP contribution in [0.4, 0.5) is 4.79 Å². The minimum absolute atomic E-state index is 0.00222. The highest BCUT2D eigenvalue weighted by Crippen LogP contribution is 2.42. The van der Waals surface area contributed by atoms with E-state index in [1.165, 1.54) is 11.7 Å². The maximum atomic E-state index is 12.4. The van der Waals surface area contributed by atoms with Gasteiger partial charge in [-0.1, -0.05) is 18.7 Å². The molecule has 24 heavy (non-hydrogen) atoms. The zero-order chi connectivity index (χ0) is 17.3. The van der Waals surface area contributed by atoms with Crippen LogP contribution in [-0.4, -0.2) is 49.8 Å². The molecule has 1 aliphatic heterocycles. The lowest BCUT2D eigenvalue weighted by Crippen LogP contribution is -2.43. The lowest BCUT2D eigenvalue weighted by atomic mass is 10.1. The number of thioether (sulfide) groups is 1. The van der Waals surface area contributed by atoms with E-state index in [-0.39, 0.29) is 18.2 Å². The minimum atomic E-state index is -0.474. The van der Waals surface area contributed by atoms with Crippen LogP contribution in [0.5, 0.6) is 5.88 Å². The number of aromatic nitrogens is 2. The fourth-order valence-electron chi connectivity index (χ4n) is 3.31. The second kappa shape index (κ2) is 7.07. The zero-order valence-electron chi connectivity index (χ0n) is 14.7. The smallest absolute Gasteiger partial charge is 0.410 e. The van der Waals surface area contributed by atoms with E-state index >= 15 is 0 Å². The standard InChI is InChI=1S/C16H25N3O3S2/c1-5-8-23-14-13(17-24-18-14)21-12-10-6-7-11(12)19(9-10)15(20)22-16(2,3)4/h10-12H,5-9H2,1-4H3. The summed E-state index contributed by atoms with van der Waals surface area (Å²) in [7, 11) is 0. The number of piperidine rings is 1. The van der Waals surface area contributed by atoms with E-state index in [4.69, 9.17) is 9.47 Å². The molecule has 1 aromatic rings. The fourth-order valence-corrected chi connectivity index (χ4v) is 4.69. The van der Waals surface area contributed by atoms with Crippen molar-refractivity contribution in [1.29, 1.82) is 0 Å². The van der Waals surface area contributed by atoms with Gasteiger partial charge >= 0.3 is 6.09 Å². The number of rotatable bonds is 5. The van der Waals surface area contributed by atoms with Gasteiger partial charge in [0.25, 0.3) is 5.88 Å². The first-order valence-corrected chi connectivity index (χ1v) is 10.2. The van der Waals surface area contributed by atoms with Crippen molar-refractivity contribution in [2.75, 3.05) is 12.3 Å². The first-order chi connectivity index (χ1) is 11.4. The predicted molar refractivity (Wildman–Crippen MR) is 94.8 cm³/mol. The molecule has 1 saturated carbocycles. The number of nitrogens with zero attached hydrogens (tertiary/aromatic N) is 3. The van der Waals surface area contributed by atoms with Crippen molar-refractivity contribution in [3.05, 3.63) is 0 Å². The van der Waals surface area contributed by atoms with Crippen molar-refractivity contribution in [2.24, 2.45) is 5.92 Å². The molecule has 3 unspecified atom stereocenters. The summed E-state index contributed by atoms with van der Waals surface area (Å²) >= 11 is 2.87. The number of amides is 1. The number of hydrogen-bond acceptors (Lipinski definition) is 7. The Balaban J connectivity index is 1.66. The first kappa shape index (κ1) is 17.8. The van der Waals surface area contributed by atoms with Crippen LogP contribution < -0.4 is 4.74 Å². The lowest BCUT2D eigenvalue weighted by molar-refractivity contribution is 0.0159. The van der Waals surface area contributed by atoms with Crippen LogP contribution in [0.3, 0.4) is 0 Å². The molecule has 2 heterocycles. The van der Waals surface area contributed by atoms with Gasteiger partial charge in [0.2, 0.25) is 0 Å². The van der Waals surface area contributed by atoms with Gasteiger partial charge in [0.1, 0.15) is 11.7 Å². The summed E-state index contributed by atoms with van der Waals surface area (Å²) in [6.07, 6.45) is 2.90. The average molecular weight is 372 g/mol. The molecule has 0 radical (unpaired) electrons. The Morgan fingerprint density at radius 3 is 2.88 bits per heavy atom. The topological polar surface area (TPSA) is 64.6 Å². The van der Waals surface area contributed by atoms with Crippen molar-refractivity contribution in [3.63, 3.8) is 0 Å². The van der Waals surface area contributed by atoms with Gasteiger partial charge in [-0.3, -0.25) is 0 Å². The van der Waals surface area contributed by atoms with Gasteiger partial charge in [0, 0.05) is 12.5 Å². The highest BCUT2D eigenvalue weighted by molar-refractivity contribution is 7.99. The summed E-state index contributed by atoms with van der Waals surface area (Å²) in [4.78, 5) is 14.3. The third kappa shape index (κ3) is 3.79. The monoisotopic (exact) mass is 371 g/mol. The fraction of sp³-hybridized carbons (Fsp3) is 0.812. The maximum absolute atomic E-state index is 12.4. The normalized spacial score (nSPS) is 26.0. The predicted octanol–water partition coefficient (Wildman–Crippen LogP) is 3.82. The molecule has 6 nitrogen and oxygen atoms in total. The van der Waals surface area contributed by atoms with Crippen molar-refractivity contribution in [1.82, 2.24) is 13.6 Å². The molecule has 2 fully saturated rings. The summed E-state index contributed by atoms with van der Waals surface area (Å²) in [6, 6.07) is 0.0792. The molecule has 3 rings (SSSR count). The second-order valence-corrected chi connectivity index (χ2v) is 8.96. The SMILES string of the molecule is CCCSc1nsnc1OC1C2CCC1N(C(=O)OC(C)(C)C)C2. The molecule has 1 aliphatic carbocycles. The van der Waals surface area contributed by atoms with E-state index < -0.39 is 5.60 Å². The Bertz CT molecular complexity index is 587. The van der Waals surface area contributed by atoms with Gasteiger partial charge in [-0.2, -0.15) is 4.37 Å². The molecule has 8 heteroatoms. The summed E-state index contributed by atoms with van der Waals surface area (Å²) in [5, 5.41) is 0.872. The van der Waals surface area contributed by atoms with Gasteiger partial charge in [0.05, 0.1) is 17.8 Å². The van der Waals surface area contributed by atoms with Crippen molar-refractivity contribution in [3.8, 4) is 5.88 Å². The number of carbonyl (C=O) groups is 1. The molecule has 134 valence electrons. The van der Waals surface area contributed by atoms with Crippen molar-refractivity contribution >= 4 is 29.6 Å². The Kier molecular flexibility index (Phi) is 5.24. The van der Waals surface area contributed by atoms with E-state index in [1.54, 1.807) is 11.8 Å². The molecule has 1 amide bonds. The van der Waals surface area contributed by atoms with Crippen LogP contribution >= 0.6 is 23.5 Å². The second-order valence-electron chi connectivity index (χ2n) is 7.34. The molecule has 3 atom stereocenters. The van der Waals surface area contributed by atoms with Crippen LogP contribution in [0.15, 0.2) is 5.03 Å². The van der Waals surface area contributed by atoms with Gasteiger partial charge in [0.15, 0.2) is 5.03 Å². The third-order valence-electron chi connectivity index (χ3n) is 4.26. The third-order valence-corrected chi connectivity index (χ3v) is 6.04. The Hall–Kier alpha value is -1.02. The number of hydrogen-bond donors (Lipinski definition) is 0. The number of ether oxygens (including phenoxy) is 2. The Morgan fingerprint density at radius 1 is 1.38 bits per heavy atom. The van der Waals surface area contributed by atoms with Crippen LogP contribution in [0, 0.1) is 5.92 Å². The molecule has 0 aromatic carbocycles. The maximum Gasteiger partial charge on any atom is 0.410 e. The molecular formula is C16H25N3O3S2. The molecule has 2 aliphatic rings. The summed E-state index contributed by atoms with van der Waals surface area (Å²) in [5.74, 6) is 1.99. The van der Waals surface area contributed by atoms with E-state index in [0.29, 0.717) is 18.3 Å². The van der Waals surface area contributed by atoms with E-state index in [2.05, 4.69) is 15.7 Å². The van der Waals surface area contributed by atoms with Gasteiger partial charge in [-0.05, 0) is 45.8 Å². The first-order valence-electron chi connectivity index (χ1n) is 8.50. The van der Waals surface area contributed by atoms with Crippen LogP contribution in [0.1, 0.15) is 47.0 Å². The quantitative estimate of drug-likeness (QED) is 0.733. The van der Waals surface area contributed by atoms with E-state index in [9.17, 15) is 4.79 Å². The molecule has 2 bridgehead atoms. The lowest BCUT2D eigenvalue weighted by Gasteiger charge is -2.30. The molecule has 0 spiro atoms. The van der Waals surface area contributed by atoms with E-state index in [0.717, 1.165) is 30.0 Å².